The lowest BCUT2D eigenvalue weighted by Gasteiger charge is -2.25. The molecule has 1 aliphatic heterocycles. The third-order valence-electron chi connectivity index (χ3n) is 3.57. The first kappa shape index (κ1) is 13.2. The summed E-state index contributed by atoms with van der Waals surface area (Å²) in [6, 6.07) is 9.00. The molecule has 0 saturated carbocycles. The molecule has 0 radical (unpaired) electrons. The predicted octanol–water partition coefficient (Wildman–Crippen LogP) is 3.12. The third kappa shape index (κ3) is 3.16. The summed E-state index contributed by atoms with van der Waals surface area (Å²) in [5, 5.41) is 3.61. The van der Waals surface area contributed by atoms with Crippen LogP contribution >= 0.6 is 0 Å². The molecule has 18 heavy (non-hydrogen) atoms. The Morgan fingerprint density at radius 1 is 1.28 bits per heavy atom. The number of rotatable bonds is 6. The lowest BCUT2D eigenvalue weighted by Crippen LogP contribution is -2.26. The van der Waals surface area contributed by atoms with E-state index in [-0.39, 0.29) is 0 Å². The number of para-hydroxylation sites is 2. The van der Waals surface area contributed by atoms with Crippen LogP contribution in [0.25, 0.3) is 0 Å². The average molecular weight is 248 g/mol. The predicted molar refractivity (Wildman–Crippen MR) is 77.5 cm³/mol. The zero-order chi connectivity index (χ0) is 12.8. The van der Waals surface area contributed by atoms with Gasteiger partial charge in [0.15, 0.2) is 0 Å². The zero-order valence-electron chi connectivity index (χ0n) is 11.5. The minimum Gasteiger partial charge on any atom is -0.383 e. The normalized spacial score (nSPS) is 16.9. The number of hydrogen-bond donors (Lipinski definition) is 1. The van der Waals surface area contributed by atoms with Crippen LogP contribution in [-0.4, -0.2) is 32.8 Å². The van der Waals surface area contributed by atoms with Gasteiger partial charge in [-0.3, -0.25) is 0 Å². The average Bonchev–Trinajstić information content (AvgIpc) is 2.92. The minimum atomic E-state index is 0.388. The topological polar surface area (TPSA) is 24.5 Å². The van der Waals surface area contributed by atoms with E-state index < -0.39 is 0 Å². The monoisotopic (exact) mass is 248 g/mol. The van der Waals surface area contributed by atoms with E-state index in [2.05, 4.69) is 41.4 Å². The molecule has 1 aromatic rings. The van der Waals surface area contributed by atoms with Gasteiger partial charge in [-0.05, 0) is 31.4 Å². The highest BCUT2D eigenvalue weighted by Gasteiger charge is 2.16. The molecule has 1 aromatic carbocycles. The van der Waals surface area contributed by atoms with Crippen LogP contribution in [0.4, 0.5) is 11.4 Å². The summed E-state index contributed by atoms with van der Waals surface area (Å²) in [6.07, 6.45) is 3.69. The highest BCUT2D eigenvalue weighted by atomic mass is 16.5. The number of methoxy groups -OCH3 is 1. The SMILES string of the molecule is CCC(COC)Nc1ccccc1N1CCCC1. The summed E-state index contributed by atoms with van der Waals surface area (Å²) in [5.74, 6) is 0. The van der Waals surface area contributed by atoms with Crippen molar-refractivity contribution in [1.29, 1.82) is 0 Å². The Labute approximate surface area is 110 Å². The van der Waals surface area contributed by atoms with Crippen molar-refractivity contribution < 1.29 is 4.74 Å². The molecule has 1 saturated heterocycles. The molecule has 1 atom stereocenters. The van der Waals surface area contributed by atoms with Crippen molar-refractivity contribution in [2.45, 2.75) is 32.2 Å². The Morgan fingerprint density at radius 2 is 2.00 bits per heavy atom. The lowest BCUT2D eigenvalue weighted by molar-refractivity contribution is 0.184. The molecule has 0 amide bonds. The first-order valence-electron chi connectivity index (χ1n) is 6.94. The van der Waals surface area contributed by atoms with E-state index in [4.69, 9.17) is 4.74 Å². The standard InChI is InChI=1S/C15H24N2O/c1-3-13(12-18-2)16-14-8-4-5-9-15(14)17-10-6-7-11-17/h4-5,8-9,13,16H,3,6-7,10-12H2,1-2H3. The van der Waals surface area contributed by atoms with Gasteiger partial charge in [-0.2, -0.15) is 0 Å². The third-order valence-corrected chi connectivity index (χ3v) is 3.57. The maximum atomic E-state index is 5.26. The van der Waals surface area contributed by atoms with Gasteiger partial charge in [0.2, 0.25) is 0 Å². The fourth-order valence-corrected chi connectivity index (χ4v) is 2.51. The molecule has 1 fully saturated rings. The van der Waals surface area contributed by atoms with Crippen LogP contribution < -0.4 is 10.2 Å². The Kier molecular flexibility index (Phi) is 4.88. The highest BCUT2D eigenvalue weighted by molar-refractivity contribution is 5.70. The molecule has 3 nitrogen and oxygen atoms in total. The minimum absolute atomic E-state index is 0.388. The molecule has 1 N–H and O–H groups in total. The van der Waals surface area contributed by atoms with Crippen molar-refractivity contribution in [3.05, 3.63) is 24.3 Å². The van der Waals surface area contributed by atoms with Crippen LogP contribution in [0.1, 0.15) is 26.2 Å². The lowest BCUT2D eigenvalue weighted by atomic mass is 10.2. The number of benzene rings is 1. The van der Waals surface area contributed by atoms with Gasteiger partial charge in [-0.25, -0.2) is 0 Å². The molecule has 0 bridgehead atoms. The Hall–Kier alpha value is -1.22. The van der Waals surface area contributed by atoms with E-state index in [1.165, 1.54) is 37.3 Å². The van der Waals surface area contributed by atoms with Crippen LogP contribution in [-0.2, 0) is 4.74 Å². The molecule has 0 spiro atoms. The summed E-state index contributed by atoms with van der Waals surface area (Å²) in [7, 11) is 1.76. The van der Waals surface area contributed by atoms with Gasteiger partial charge in [-0.15, -0.1) is 0 Å². The van der Waals surface area contributed by atoms with E-state index >= 15 is 0 Å². The molecule has 2 rings (SSSR count). The van der Waals surface area contributed by atoms with Crippen molar-refractivity contribution in [3.8, 4) is 0 Å². The second-order valence-electron chi connectivity index (χ2n) is 4.92. The van der Waals surface area contributed by atoms with Crippen LogP contribution in [0, 0.1) is 0 Å². The number of anilines is 2. The van der Waals surface area contributed by atoms with Crippen LogP contribution in [0.15, 0.2) is 24.3 Å². The van der Waals surface area contributed by atoms with E-state index in [9.17, 15) is 0 Å². The quantitative estimate of drug-likeness (QED) is 0.837. The van der Waals surface area contributed by atoms with Gasteiger partial charge in [0.1, 0.15) is 0 Å². The summed E-state index contributed by atoms with van der Waals surface area (Å²) in [6.45, 7) is 5.31. The smallest absolute Gasteiger partial charge is 0.0663 e. The van der Waals surface area contributed by atoms with Gasteiger partial charge in [-0.1, -0.05) is 19.1 Å². The number of hydrogen-bond acceptors (Lipinski definition) is 3. The Bertz CT molecular complexity index is 361. The molecule has 1 aliphatic rings. The molecule has 1 unspecified atom stereocenters. The molecule has 0 aliphatic carbocycles. The van der Waals surface area contributed by atoms with Gasteiger partial charge >= 0.3 is 0 Å². The maximum absolute atomic E-state index is 5.26. The van der Waals surface area contributed by atoms with E-state index in [0.717, 1.165) is 13.0 Å². The first-order valence-corrected chi connectivity index (χ1v) is 6.94. The second kappa shape index (κ2) is 6.64. The van der Waals surface area contributed by atoms with Gasteiger partial charge < -0.3 is 15.0 Å². The maximum Gasteiger partial charge on any atom is 0.0663 e. The van der Waals surface area contributed by atoms with Gasteiger partial charge in [0.05, 0.1) is 18.0 Å². The zero-order valence-corrected chi connectivity index (χ0v) is 11.5. The van der Waals surface area contributed by atoms with Crippen molar-refractivity contribution in [2.24, 2.45) is 0 Å². The van der Waals surface area contributed by atoms with Crippen molar-refractivity contribution >= 4 is 11.4 Å². The molecule has 3 heteroatoms. The molecule has 100 valence electrons. The van der Waals surface area contributed by atoms with E-state index in [1.807, 2.05) is 0 Å². The number of nitrogens with zero attached hydrogens (tertiary/aromatic N) is 1. The van der Waals surface area contributed by atoms with Gasteiger partial charge in [0.25, 0.3) is 0 Å². The summed E-state index contributed by atoms with van der Waals surface area (Å²) in [5.41, 5.74) is 2.58. The summed E-state index contributed by atoms with van der Waals surface area (Å²) < 4.78 is 5.26. The first-order chi connectivity index (χ1) is 8.85. The van der Waals surface area contributed by atoms with E-state index in [0.29, 0.717) is 6.04 Å². The van der Waals surface area contributed by atoms with E-state index in [1.54, 1.807) is 7.11 Å². The Balaban J connectivity index is 2.11. The fourth-order valence-electron chi connectivity index (χ4n) is 2.51. The van der Waals surface area contributed by atoms with Gasteiger partial charge in [0, 0.05) is 26.2 Å². The number of ether oxygens (including phenoxy) is 1. The fraction of sp³-hybridized carbons (Fsp3) is 0.600. The molecular formula is C15H24N2O. The summed E-state index contributed by atoms with van der Waals surface area (Å²) >= 11 is 0. The number of nitrogens with one attached hydrogen (secondary N) is 1. The van der Waals surface area contributed by atoms with Crippen molar-refractivity contribution in [2.75, 3.05) is 37.0 Å². The molecule has 0 aromatic heterocycles. The molecular weight excluding hydrogens is 224 g/mol. The highest BCUT2D eigenvalue weighted by Crippen LogP contribution is 2.29. The summed E-state index contributed by atoms with van der Waals surface area (Å²) in [4.78, 5) is 2.47. The van der Waals surface area contributed by atoms with Crippen molar-refractivity contribution in [3.63, 3.8) is 0 Å². The molecule has 1 heterocycles. The van der Waals surface area contributed by atoms with Crippen LogP contribution in [0.3, 0.4) is 0 Å². The van der Waals surface area contributed by atoms with Crippen LogP contribution in [0.5, 0.6) is 0 Å². The van der Waals surface area contributed by atoms with Crippen molar-refractivity contribution in [1.82, 2.24) is 0 Å². The Morgan fingerprint density at radius 3 is 2.67 bits per heavy atom. The second-order valence-corrected chi connectivity index (χ2v) is 4.92. The van der Waals surface area contributed by atoms with Crippen LogP contribution in [0.2, 0.25) is 0 Å². The largest absolute Gasteiger partial charge is 0.383 e.